The van der Waals surface area contributed by atoms with Crippen LogP contribution < -0.4 is 27.0 Å². The molecule has 0 saturated carbocycles. The Balaban J connectivity index is 3.66. The smallest absolute Gasteiger partial charge is 0.326 e. The number of carboxylic acid groups (broad SMARTS) is 2. The molecular weight excluding hydrogens is 757 g/mol. The number of ether oxygens (including phenoxy) is 4. The number of carbonyl (C=O) groups excluding carboxylic acids is 5. The molecule has 0 aliphatic heterocycles. The highest BCUT2D eigenvalue weighted by molar-refractivity contribution is 6.59. The Morgan fingerprint density at radius 2 is 0.931 bits per heavy atom. The lowest BCUT2D eigenvalue weighted by molar-refractivity contribution is -0.142. The van der Waals surface area contributed by atoms with E-state index in [9.17, 15) is 38.7 Å². The maximum atomic E-state index is 12.3. The highest BCUT2D eigenvalue weighted by atomic mass is 16.5. The summed E-state index contributed by atoms with van der Waals surface area (Å²) in [4.78, 5) is 81.1. The van der Waals surface area contributed by atoms with Gasteiger partial charge in [-0.15, -0.1) is 0 Å². The van der Waals surface area contributed by atoms with E-state index in [1.165, 1.54) is 19.3 Å². The maximum Gasteiger partial charge on any atom is 0.326 e. The molecule has 0 aromatic heterocycles. The van der Waals surface area contributed by atoms with Crippen molar-refractivity contribution >= 4 is 49.1 Å². The first-order chi connectivity index (χ1) is 27.9. The van der Waals surface area contributed by atoms with Crippen molar-refractivity contribution in [3.05, 3.63) is 0 Å². The van der Waals surface area contributed by atoms with E-state index in [-0.39, 0.29) is 115 Å². The summed E-state index contributed by atoms with van der Waals surface area (Å²) in [5.41, 5.74) is 5.00. The number of unbranched alkanes of at least 4 members (excludes halogenated alkanes) is 12. The van der Waals surface area contributed by atoms with Crippen molar-refractivity contribution in [1.29, 1.82) is 0 Å². The van der Waals surface area contributed by atoms with E-state index in [0.717, 1.165) is 51.4 Å². The molecule has 0 saturated heterocycles. The zero-order valence-corrected chi connectivity index (χ0v) is 34.4. The Hall–Kier alpha value is -3.65. The zero-order chi connectivity index (χ0) is 43.1. The molecule has 0 rings (SSSR count). The molecule has 0 unspecified atom stereocenters. The Labute approximate surface area is 344 Å². The molecule has 58 heavy (non-hydrogen) atoms. The Bertz CT molecular complexity index is 1150. The van der Waals surface area contributed by atoms with Crippen molar-refractivity contribution in [1.82, 2.24) is 21.3 Å². The molecular formula is C39H70BN5O13. The van der Waals surface area contributed by atoms with Gasteiger partial charge in [0.2, 0.25) is 23.6 Å². The summed E-state index contributed by atoms with van der Waals surface area (Å²) in [7, 11) is 5.09. The number of aliphatic carboxylic acids is 2. The summed E-state index contributed by atoms with van der Waals surface area (Å²) in [6.45, 7) is 1.89. The number of carbonyl (C=O) groups is 7. The second kappa shape index (κ2) is 38.8. The first kappa shape index (κ1) is 54.4. The van der Waals surface area contributed by atoms with Gasteiger partial charge >= 0.3 is 11.9 Å². The minimum absolute atomic E-state index is 0.0339. The van der Waals surface area contributed by atoms with Gasteiger partial charge in [-0.05, 0) is 38.5 Å². The molecule has 2 atom stereocenters. The summed E-state index contributed by atoms with van der Waals surface area (Å²) in [6, 6.07) is -1.82. The van der Waals surface area contributed by atoms with Crippen LogP contribution >= 0.6 is 0 Å². The van der Waals surface area contributed by atoms with Gasteiger partial charge in [-0.2, -0.15) is 0 Å². The van der Waals surface area contributed by atoms with E-state index < -0.39 is 29.7 Å². The third-order valence-corrected chi connectivity index (χ3v) is 8.81. The Kier molecular flexibility index (Phi) is 36.4. The van der Waals surface area contributed by atoms with Crippen LogP contribution in [0.5, 0.6) is 0 Å². The first-order valence-corrected chi connectivity index (χ1v) is 20.8. The van der Waals surface area contributed by atoms with Gasteiger partial charge < -0.3 is 61.0 Å². The SMILES string of the molecule is [B]C(=O)[C@@H](N)CCCCNC(=O)COCCOCCNC(=O)COCCOCCNC(=O)CC[C@H](NC(=O)CCCCCCCCCCCCCCC(=O)O)C(=O)O. The van der Waals surface area contributed by atoms with Crippen LogP contribution in [0.4, 0.5) is 0 Å². The molecule has 0 aliphatic rings. The van der Waals surface area contributed by atoms with E-state index in [2.05, 4.69) is 21.3 Å². The molecule has 0 spiro atoms. The minimum Gasteiger partial charge on any atom is -0.481 e. The van der Waals surface area contributed by atoms with Crippen LogP contribution in [0, 0.1) is 0 Å². The standard InChI is InChI=1S/C39H70BN5O13/c40-38(52)31(41)15-13-14-20-42-35(48)29-57-27-26-56-24-22-44-36(49)30-58-28-25-55-23-21-43-33(46)19-18-32(39(53)54)45-34(47)16-11-9-7-5-3-1-2-4-6-8-10-12-17-37(50)51/h31-32H,1-30,41H2,(H,42,48)(H,43,46)(H,44,49)(H,45,47)(H,50,51)(H,53,54)/t31-,32-/m0/s1. The van der Waals surface area contributed by atoms with E-state index in [1.807, 2.05) is 0 Å². The Morgan fingerprint density at radius 3 is 1.41 bits per heavy atom. The van der Waals surface area contributed by atoms with E-state index in [0.29, 0.717) is 32.2 Å². The van der Waals surface area contributed by atoms with Gasteiger partial charge in [0.05, 0.1) is 51.4 Å². The predicted molar refractivity (Wildman–Crippen MR) is 216 cm³/mol. The van der Waals surface area contributed by atoms with Crippen molar-refractivity contribution in [2.24, 2.45) is 5.73 Å². The molecule has 0 aliphatic carbocycles. The molecule has 19 heteroatoms. The number of nitrogens with two attached hydrogens (primary N) is 1. The van der Waals surface area contributed by atoms with Crippen molar-refractivity contribution < 1.29 is 62.7 Å². The zero-order valence-electron chi connectivity index (χ0n) is 34.4. The van der Waals surface area contributed by atoms with Crippen LogP contribution in [-0.4, -0.2) is 144 Å². The van der Waals surface area contributed by atoms with Crippen LogP contribution in [0.3, 0.4) is 0 Å². The van der Waals surface area contributed by atoms with Gasteiger partial charge in [0.1, 0.15) is 19.3 Å². The van der Waals surface area contributed by atoms with Gasteiger partial charge in [-0.3, -0.25) is 24.0 Å². The maximum absolute atomic E-state index is 12.3. The second-order valence-electron chi connectivity index (χ2n) is 14.0. The fraction of sp³-hybridized carbons (Fsp3) is 0.821. The van der Waals surface area contributed by atoms with Crippen molar-refractivity contribution in [2.45, 2.75) is 134 Å². The number of amides is 4. The largest absolute Gasteiger partial charge is 0.481 e. The van der Waals surface area contributed by atoms with Gasteiger partial charge in [0.15, 0.2) is 7.85 Å². The summed E-state index contributed by atoms with van der Waals surface area (Å²) in [6.07, 6.45) is 14.5. The number of hydrogen-bond donors (Lipinski definition) is 7. The third-order valence-electron chi connectivity index (χ3n) is 8.81. The summed E-state index contributed by atoms with van der Waals surface area (Å²) >= 11 is 0. The summed E-state index contributed by atoms with van der Waals surface area (Å²) < 4.78 is 21.2. The third kappa shape index (κ3) is 37.9. The van der Waals surface area contributed by atoms with E-state index in [4.69, 9.17) is 37.6 Å². The lowest BCUT2D eigenvalue weighted by Gasteiger charge is -2.14. The highest BCUT2D eigenvalue weighted by Crippen LogP contribution is 2.13. The molecule has 0 aromatic carbocycles. The van der Waals surface area contributed by atoms with Gasteiger partial charge in [0.25, 0.3) is 0 Å². The second-order valence-corrected chi connectivity index (χ2v) is 14.0. The monoisotopic (exact) mass is 828 g/mol. The summed E-state index contributed by atoms with van der Waals surface area (Å²) in [5.74, 6) is -3.22. The van der Waals surface area contributed by atoms with Gasteiger partial charge in [-0.1, -0.05) is 64.2 Å². The average Bonchev–Trinajstić information content (AvgIpc) is 3.17. The highest BCUT2D eigenvalue weighted by Gasteiger charge is 2.21. The fourth-order valence-electron chi connectivity index (χ4n) is 5.47. The number of rotatable bonds is 42. The molecule has 4 amide bonds. The molecule has 0 heterocycles. The van der Waals surface area contributed by atoms with Gasteiger partial charge in [-0.25, -0.2) is 4.79 Å². The van der Waals surface area contributed by atoms with Crippen molar-refractivity contribution in [3.63, 3.8) is 0 Å². The molecule has 18 nitrogen and oxygen atoms in total. The van der Waals surface area contributed by atoms with Gasteiger partial charge in [0, 0.05) is 38.9 Å². The molecule has 0 bridgehead atoms. The molecule has 8 N–H and O–H groups in total. The quantitative estimate of drug-likeness (QED) is 0.0340. The van der Waals surface area contributed by atoms with Crippen LogP contribution in [0.15, 0.2) is 0 Å². The van der Waals surface area contributed by atoms with Crippen molar-refractivity contribution in [2.75, 3.05) is 72.5 Å². The molecule has 0 aromatic rings. The average molecular weight is 828 g/mol. The summed E-state index contributed by atoms with van der Waals surface area (Å²) in [5, 5.41) is 28.6. The Morgan fingerprint density at radius 1 is 0.483 bits per heavy atom. The fourth-order valence-corrected chi connectivity index (χ4v) is 5.47. The number of nitrogens with one attached hydrogen (secondary N) is 4. The van der Waals surface area contributed by atoms with Crippen molar-refractivity contribution in [3.8, 4) is 0 Å². The van der Waals surface area contributed by atoms with E-state index in [1.54, 1.807) is 0 Å². The molecule has 2 radical (unpaired) electrons. The minimum atomic E-state index is -1.19. The lowest BCUT2D eigenvalue weighted by atomic mass is 9.92. The first-order valence-electron chi connectivity index (χ1n) is 20.8. The lowest BCUT2D eigenvalue weighted by Crippen LogP contribution is -2.41. The predicted octanol–water partition coefficient (Wildman–Crippen LogP) is 1.49. The normalized spacial score (nSPS) is 12.0. The van der Waals surface area contributed by atoms with Crippen LogP contribution in [0.25, 0.3) is 0 Å². The van der Waals surface area contributed by atoms with Crippen LogP contribution in [0.1, 0.15) is 122 Å². The number of hydrogen-bond acceptors (Lipinski definition) is 12. The van der Waals surface area contributed by atoms with Crippen LogP contribution in [-0.2, 0) is 52.5 Å². The number of carboxylic acids is 2. The topological polar surface area (TPSA) is 271 Å². The van der Waals surface area contributed by atoms with E-state index >= 15 is 0 Å². The molecule has 0 fully saturated rings. The molecule has 332 valence electrons. The van der Waals surface area contributed by atoms with Crippen LogP contribution in [0.2, 0.25) is 0 Å².